The van der Waals surface area contributed by atoms with Crippen LogP contribution in [0.2, 0.25) is 0 Å². The Labute approximate surface area is 107 Å². The number of nitrogens with one attached hydrogen (secondary N) is 1. The number of hydrogen-bond acceptors (Lipinski definition) is 3. The summed E-state index contributed by atoms with van der Waals surface area (Å²) in [6, 6.07) is 8.27. The molecular formula is C14H18N2O2. The monoisotopic (exact) mass is 246 g/mol. The van der Waals surface area contributed by atoms with Crippen molar-refractivity contribution in [3.05, 3.63) is 40.6 Å². The summed E-state index contributed by atoms with van der Waals surface area (Å²) in [5.74, 6) is -0.111. The number of piperidine rings is 1. The molecule has 0 aromatic heterocycles. The first-order valence-electron chi connectivity index (χ1n) is 6.37. The second-order valence-electron chi connectivity index (χ2n) is 4.57. The Morgan fingerprint density at radius 3 is 2.61 bits per heavy atom. The lowest BCUT2D eigenvalue weighted by Gasteiger charge is -2.25. The molecular weight excluding hydrogens is 228 g/mol. The Hall–Kier alpha value is -1.68. The van der Waals surface area contributed by atoms with E-state index < -0.39 is 0 Å². The van der Waals surface area contributed by atoms with E-state index in [1.54, 1.807) is 24.3 Å². The first-order chi connectivity index (χ1) is 8.75. The normalized spacial score (nSPS) is 16.2. The lowest BCUT2D eigenvalue weighted by Crippen LogP contribution is -2.37. The topological polar surface area (TPSA) is 49.4 Å². The Kier molecular flexibility index (Phi) is 4.47. The number of carbonyl (C=O) groups is 1. The molecule has 1 fully saturated rings. The van der Waals surface area contributed by atoms with Crippen LogP contribution in [0.15, 0.2) is 35.1 Å². The predicted octanol–water partition coefficient (Wildman–Crippen LogP) is 1.47. The number of amides is 1. The van der Waals surface area contributed by atoms with Gasteiger partial charge in [-0.25, -0.2) is 0 Å². The van der Waals surface area contributed by atoms with Gasteiger partial charge in [-0.1, -0.05) is 24.6 Å². The van der Waals surface area contributed by atoms with Crippen molar-refractivity contribution in [2.24, 2.45) is 0 Å². The molecule has 0 spiro atoms. The largest absolute Gasteiger partial charge is 0.322 e. The van der Waals surface area contributed by atoms with Gasteiger partial charge in [-0.3, -0.25) is 14.5 Å². The first-order valence-corrected chi connectivity index (χ1v) is 6.37. The maximum atomic E-state index is 11.8. The van der Waals surface area contributed by atoms with Gasteiger partial charge in [0, 0.05) is 0 Å². The van der Waals surface area contributed by atoms with Crippen LogP contribution in [0.5, 0.6) is 0 Å². The van der Waals surface area contributed by atoms with E-state index in [4.69, 9.17) is 0 Å². The van der Waals surface area contributed by atoms with Crippen LogP contribution in [-0.4, -0.2) is 30.4 Å². The summed E-state index contributed by atoms with van der Waals surface area (Å²) in [6.45, 7) is 2.32. The Morgan fingerprint density at radius 1 is 1.11 bits per heavy atom. The summed E-state index contributed by atoms with van der Waals surface area (Å²) in [6.07, 6.45) is 3.55. The molecule has 96 valence electrons. The highest BCUT2D eigenvalue weighted by Gasteiger charge is 2.14. The molecule has 0 atom stereocenters. The fourth-order valence-electron chi connectivity index (χ4n) is 2.14. The Morgan fingerprint density at radius 2 is 1.83 bits per heavy atom. The highest BCUT2D eigenvalue weighted by atomic mass is 16.2. The van der Waals surface area contributed by atoms with E-state index >= 15 is 0 Å². The molecule has 0 bridgehead atoms. The summed E-state index contributed by atoms with van der Waals surface area (Å²) >= 11 is 0. The minimum absolute atomic E-state index is 0.111. The number of nitrogens with zero attached hydrogens (tertiary/aromatic N) is 1. The lowest BCUT2D eigenvalue weighted by molar-refractivity contribution is -0.117. The van der Waals surface area contributed by atoms with Gasteiger partial charge in [-0.05, 0) is 38.1 Å². The standard InChI is InChI=1S/C14H18N2O2/c17-13-8-4-1-3-7-12(13)15-14(18)11-16-9-5-2-6-10-16/h1,3-4,7-8H,2,5-6,9-11H2,(H,15,17,18). The molecule has 0 aliphatic carbocycles. The second kappa shape index (κ2) is 6.31. The number of carbonyl (C=O) groups excluding carboxylic acids is 1. The smallest absolute Gasteiger partial charge is 0.238 e. The molecule has 2 rings (SSSR count). The highest BCUT2D eigenvalue weighted by Crippen LogP contribution is 2.08. The molecule has 18 heavy (non-hydrogen) atoms. The maximum Gasteiger partial charge on any atom is 0.238 e. The zero-order valence-electron chi connectivity index (χ0n) is 10.4. The Bertz CT molecular complexity index is 467. The van der Waals surface area contributed by atoms with Crippen LogP contribution in [0, 0.1) is 0 Å². The van der Waals surface area contributed by atoms with Gasteiger partial charge in [0.25, 0.3) is 0 Å². The predicted molar refractivity (Wildman–Crippen MR) is 71.6 cm³/mol. The van der Waals surface area contributed by atoms with Gasteiger partial charge in [0.15, 0.2) is 0 Å². The molecule has 1 heterocycles. The molecule has 4 nitrogen and oxygen atoms in total. The summed E-state index contributed by atoms with van der Waals surface area (Å²) in [4.78, 5) is 25.6. The SMILES string of the molecule is O=C(CN1CCCCC1)Nc1cccccc1=O. The molecule has 1 aromatic rings. The van der Waals surface area contributed by atoms with Crippen molar-refractivity contribution < 1.29 is 4.79 Å². The molecule has 1 aliphatic rings. The third-order valence-corrected chi connectivity index (χ3v) is 3.09. The van der Waals surface area contributed by atoms with Crippen LogP contribution in [0.1, 0.15) is 19.3 Å². The Balaban J connectivity index is 1.95. The van der Waals surface area contributed by atoms with Crippen LogP contribution >= 0.6 is 0 Å². The maximum absolute atomic E-state index is 11.8. The van der Waals surface area contributed by atoms with Gasteiger partial charge >= 0.3 is 0 Å². The van der Waals surface area contributed by atoms with Crippen LogP contribution in [0.4, 0.5) is 5.69 Å². The summed E-state index contributed by atoms with van der Waals surface area (Å²) in [5.41, 5.74) is 0.189. The van der Waals surface area contributed by atoms with Crippen LogP contribution in [-0.2, 0) is 4.79 Å². The highest BCUT2D eigenvalue weighted by molar-refractivity contribution is 5.92. The molecule has 1 saturated heterocycles. The average Bonchev–Trinajstić information content (AvgIpc) is 2.56. The van der Waals surface area contributed by atoms with Gasteiger partial charge in [-0.2, -0.15) is 0 Å². The zero-order valence-corrected chi connectivity index (χ0v) is 10.4. The average molecular weight is 246 g/mol. The van der Waals surface area contributed by atoms with E-state index in [0.29, 0.717) is 12.2 Å². The molecule has 1 amide bonds. The molecule has 0 saturated carbocycles. The lowest BCUT2D eigenvalue weighted by atomic mass is 10.1. The third kappa shape index (κ3) is 3.67. The van der Waals surface area contributed by atoms with Crippen molar-refractivity contribution in [3.8, 4) is 0 Å². The summed E-state index contributed by atoms with van der Waals surface area (Å²) in [5, 5.41) is 2.68. The van der Waals surface area contributed by atoms with Crippen LogP contribution in [0.25, 0.3) is 0 Å². The number of anilines is 1. The second-order valence-corrected chi connectivity index (χ2v) is 4.57. The molecule has 1 N–H and O–H groups in total. The van der Waals surface area contributed by atoms with Gasteiger partial charge in [0.1, 0.15) is 0 Å². The van der Waals surface area contributed by atoms with Gasteiger partial charge in [0.05, 0.1) is 12.2 Å². The minimum Gasteiger partial charge on any atom is -0.322 e. The van der Waals surface area contributed by atoms with Crippen molar-refractivity contribution in [2.45, 2.75) is 19.3 Å². The first kappa shape index (κ1) is 12.8. The van der Waals surface area contributed by atoms with Crippen molar-refractivity contribution >= 4 is 11.6 Å². The minimum atomic E-state index is -0.160. The number of rotatable bonds is 3. The third-order valence-electron chi connectivity index (χ3n) is 3.09. The summed E-state index contributed by atoms with van der Waals surface area (Å²) in [7, 11) is 0. The zero-order chi connectivity index (χ0) is 12.8. The molecule has 1 aromatic carbocycles. The molecule has 1 aliphatic heterocycles. The van der Waals surface area contributed by atoms with Crippen molar-refractivity contribution in [3.63, 3.8) is 0 Å². The molecule has 0 unspecified atom stereocenters. The van der Waals surface area contributed by atoms with Crippen LogP contribution < -0.4 is 10.7 Å². The number of likely N-dealkylation sites (tertiary alicyclic amines) is 1. The fourth-order valence-corrected chi connectivity index (χ4v) is 2.14. The van der Waals surface area contributed by atoms with Crippen molar-refractivity contribution in [2.75, 3.05) is 25.0 Å². The van der Waals surface area contributed by atoms with Gasteiger partial charge < -0.3 is 5.32 Å². The van der Waals surface area contributed by atoms with E-state index in [0.717, 1.165) is 25.9 Å². The van der Waals surface area contributed by atoms with Crippen molar-refractivity contribution in [1.29, 1.82) is 0 Å². The van der Waals surface area contributed by atoms with E-state index in [2.05, 4.69) is 10.2 Å². The summed E-state index contributed by atoms with van der Waals surface area (Å²) < 4.78 is 0. The molecule has 0 radical (unpaired) electrons. The fraction of sp³-hybridized carbons (Fsp3) is 0.429. The van der Waals surface area contributed by atoms with E-state index in [-0.39, 0.29) is 11.3 Å². The van der Waals surface area contributed by atoms with Crippen molar-refractivity contribution in [1.82, 2.24) is 4.90 Å². The quantitative estimate of drug-likeness (QED) is 0.878. The van der Waals surface area contributed by atoms with E-state index in [9.17, 15) is 9.59 Å². The van der Waals surface area contributed by atoms with E-state index in [1.807, 2.05) is 0 Å². The van der Waals surface area contributed by atoms with Crippen LogP contribution in [0.3, 0.4) is 0 Å². The van der Waals surface area contributed by atoms with Gasteiger partial charge in [0.2, 0.25) is 11.3 Å². The van der Waals surface area contributed by atoms with E-state index in [1.165, 1.54) is 12.5 Å². The van der Waals surface area contributed by atoms with Gasteiger partial charge in [-0.15, -0.1) is 0 Å². The molecule has 4 heteroatoms. The number of hydrogen-bond donors (Lipinski definition) is 1.